The lowest BCUT2D eigenvalue weighted by Crippen LogP contribution is -2.57. The summed E-state index contributed by atoms with van der Waals surface area (Å²) in [5, 5.41) is 23.7. The van der Waals surface area contributed by atoms with Gasteiger partial charge in [0, 0.05) is 45.5 Å². The molecule has 2 fully saturated rings. The molecule has 0 saturated carbocycles. The van der Waals surface area contributed by atoms with Crippen LogP contribution >= 0.6 is 0 Å². The molecule has 0 unspecified atom stereocenters. The Morgan fingerprint density at radius 1 is 1.07 bits per heavy atom. The van der Waals surface area contributed by atoms with Gasteiger partial charge >= 0.3 is 0 Å². The van der Waals surface area contributed by atoms with Crippen molar-refractivity contribution in [2.45, 2.75) is 30.9 Å². The molecule has 8 heteroatoms. The Morgan fingerprint density at radius 3 is 2.50 bits per heavy atom. The molecule has 2 aliphatic heterocycles. The van der Waals surface area contributed by atoms with Crippen molar-refractivity contribution in [2.24, 2.45) is 0 Å². The van der Waals surface area contributed by atoms with Gasteiger partial charge < -0.3 is 25.2 Å². The molecule has 162 valence electrons. The Kier molecular flexibility index (Phi) is 6.91. The van der Waals surface area contributed by atoms with E-state index in [1.54, 1.807) is 18.3 Å². The van der Waals surface area contributed by atoms with Gasteiger partial charge in [-0.25, -0.2) is 9.37 Å². The quantitative estimate of drug-likeness (QED) is 0.611. The van der Waals surface area contributed by atoms with Crippen molar-refractivity contribution in [1.29, 1.82) is 0 Å². The molecule has 4 atom stereocenters. The topological polar surface area (TPSA) is 81.1 Å². The number of halogens is 1. The fraction of sp³-hybridized carbons (Fsp3) is 0.500. The highest BCUT2D eigenvalue weighted by atomic mass is 19.1. The third kappa shape index (κ3) is 4.79. The van der Waals surface area contributed by atoms with Gasteiger partial charge in [0.2, 0.25) is 0 Å². The summed E-state index contributed by atoms with van der Waals surface area (Å²) >= 11 is 0. The third-order valence-electron chi connectivity index (χ3n) is 5.94. The van der Waals surface area contributed by atoms with Crippen LogP contribution in [0.1, 0.15) is 5.56 Å². The number of aliphatic hydroxyl groups is 2. The van der Waals surface area contributed by atoms with E-state index in [9.17, 15) is 14.6 Å². The van der Waals surface area contributed by atoms with E-state index in [0.29, 0.717) is 13.1 Å². The van der Waals surface area contributed by atoms with Crippen LogP contribution in [0, 0.1) is 5.82 Å². The first-order chi connectivity index (χ1) is 14.7. The molecular formula is C22H29FN4O3. The Hall–Kier alpha value is -2.10. The molecule has 2 aliphatic rings. The fourth-order valence-electron chi connectivity index (χ4n) is 4.35. The molecule has 2 aromatic rings. The summed E-state index contributed by atoms with van der Waals surface area (Å²) in [7, 11) is 0. The van der Waals surface area contributed by atoms with E-state index in [4.69, 9.17) is 4.74 Å². The molecule has 7 nitrogen and oxygen atoms in total. The van der Waals surface area contributed by atoms with Crippen LogP contribution in [0.4, 0.5) is 10.2 Å². The van der Waals surface area contributed by atoms with E-state index < -0.39 is 12.2 Å². The molecule has 30 heavy (non-hydrogen) atoms. The Balaban J connectivity index is 1.35. The smallest absolute Gasteiger partial charge is 0.128 e. The first-order valence-electron chi connectivity index (χ1n) is 10.5. The Morgan fingerprint density at radius 2 is 1.83 bits per heavy atom. The van der Waals surface area contributed by atoms with Gasteiger partial charge in [-0.3, -0.25) is 4.90 Å². The zero-order chi connectivity index (χ0) is 20.9. The van der Waals surface area contributed by atoms with Gasteiger partial charge in [-0.2, -0.15) is 0 Å². The van der Waals surface area contributed by atoms with Crippen molar-refractivity contribution in [1.82, 2.24) is 15.2 Å². The summed E-state index contributed by atoms with van der Waals surface area (Å²) < 4.78 is 19.0. The number of nitrogens with zero attached hydrogens (tertiary/aromatic N) is 3. The van der Waals surface area contributed by atoms with E-state index in [-0.39, 0.29) is 24.6 Å². The highest BCUT2D eigenvalue weighted by molar-refractivity contribution is 5.38. The predicted octanol–water partition coefficient (Wildman–Crippen LogP) is 0.622. The molecule has 0 radical (unpaired) electrons. The molecule has 3 heterocycles. The van der Waals surface area contributed by atoms with Crippen molar-refractivity contribution in [2.75, 3.05) is 44.2 Å². The summed E-state index contributed by atoms with van der Waals surface area (Å²) in [5.74, 6) is 0.711. The van der Waals surface area contributed by atoms with E-state index in [2.05, 4.69) is 20.1 Å². The molecule has 0 bridgehead atoms. The van der Waals surface area contributed by atoms with Crippen LogP contribution in [0.3, 0.4) is 0 Å². The lowest BCUT2D eigenvalue weighted by atomic mass is 10.0. The standard InChI is InChI=1S/C22H29FN4O3/c23-17-6-4-16(5-7-17)13-24-14-18-21(22(29)19(15-28)30-18)27-11-9-26(10-12-27)20-3-1-2-8-25-20/h1-8,18-19,21-22,24,28-29H,9-15H2/t18-,19+,21+,22-/m1/s1. The third-order valence-corrected chi connectivity index (χ3v) is 5.94. The molecule has 1 aromatic heterocycles. The monoisotopic (exact) mass is 416 g/mol. The zero-order valence-electron chi connectivity index (χ0n) is 16.9. The number of ether oxygens (including phenoxy) is 1. The first-order valence-corrected chi connectivity index (χ1v) is 10.5. The van der Waals surface area contributed by atoms with E-state index in [1.165, 1.54) is 12.1 Å². The minimum Gasteiger partial charge on any atom is -0.394 e. The normalized spacial score (nSPS) is 27.5. The van der Waals surface area contributed by atoms with Gasteiger partial charge in [-0.15, -0.1) is 0 Å². The highest BCUT2D eigenvalue weighted by Crippen LogP contribution is 2.27. The second-order valence-electron chi connectivity index (χ2n) is 7.85. The second kappa shape index (κ2) is 9.80. The van der Waals surface area contributed by atoms with Crippen molar-refractivity contribution in [3.05, 3.63) is 60.0 Å². The van der Waals surface area contributed by atoms with Crippen LogP contribution in [-0.2, 0) is 11.3 Å². The Bertz CT molecular complexity index is 787. The van der Waals surface area contributed by atoms with Gasteiger partial charge in [0.1, 0.15) is 23.8 Å². The van der Waals surface area contributed by atoms with Crippen molar-refractivity contribution >= 4 is 5.82 Å². The van der Waals surface area contributed by atoms with Crippen LogP contribution in [-0.4, -0.2) is 83.8 Å². The molecular weight excluding hydrogens is 387 g/mol. The van der Waals surface area contributed by atoms with Gasteiger partial charge in [0.15, 0.2) is 0 Å². The van der Waals surface area contributed by atoms with Crippen LogP contribution in [0.25, 0.3) is 0 Å². The number of rotatable bonds is 7. The van der Waals surface area contributed by atoms with Gasteiger partial charge in [0.25, 0.3) is 0 Å². The van der Waals surface area contributed by atoms with Crippen LogP contribution < -0.4 is 10.2 Å². The molecule has 0 amide bonds. The second-order valence-corrected chi connectivity index (χ2v) is 7.85. The average molecular weight is 416 g/mol. The molecule has 0 spiro atoms. The number of hydrogen-bond acceptors (Lipinski definition) is 7. The van der Waals surface area contributed by atoms with Crippen molar-refractivity contribution in [3.8, 4) is 0 Å². The maximum absolute atomic E-state index is 13.1. The van der Waals surface area contributed by atoms with Gasteiger partial charge in [0.05, 0.1) is 18.8 Å². The lowest BCUT2D eigenvalue weighted by molar-refractivity contribution is -0.0213. The maximum atomic E-state index is 13.1. The fourth-order valence-corrected chi connectivity index (χ4v) is 4.35. The Labute approximate surface area is 176 Å². The maximum Gasteiger partial charge on any atom is 0.128 e. The van der Waals surface area contributed by atoms with Crippen LogP contribution in [0.5, 0.6) is 0 Å². The summed E-state index contributed by atoms with van der Waals surface area (Å²) in [4.78, 5) is 8.92. The van der Waals surface area contributed by atoms with Gasteiger partial charge in [-0.05, 0) is 29.8 Å². The van der Waals surface area contributed by atoms with Gasteiger partial charge in [-0.1, -0.05) is 18.2 Å². The first kappa shape index (κ1) is 21.1. The number of nitrogens with one attached hydrogen (secondary N) is 1. The van der Waals surface area contributed by atoms with E-state index in [0.717, 1.165) is 37.6 Å². The minimum absolute atomic E-state index is 0.186. The number of pyridine rings is 1. The number of benzene rings is 1. The number of aliphatic hydroxyl groups excluding tert-OH is 2. The van der Waals surface area contributed by atoms with Crippen molar-refractivity contribution in [3.63, 3.8) is 0 Å². The summed E-state index contributed by atoms with van der Waals surface area (Å²) in [5.41, 5.74) is 0.981. The molecule has 1 aromatic carbocycles. The minimum atomic E-state index is -0.742. The SMILES string of the molecule is OC[C@@H]1O[C@H](CNCc2ccc(F)cc2)[C@H](N2CCN(c3ccccn3)CC2)[C@@H]1O. The number of aromatic nitrogens is 1. The molecule has 0 aliphatic carbocycles. The highest BCUT2D eigenvalue weighted by Gasteiger charge is 2.46. The summed E-state index contributed by atoms with van der Waals surface area (Å²) in [6.07, 6.45) is 0.236. The number of hydrogen-bond donors (Lipinski definition) is 3. The zero-order valence-corrected chi connectivity index (χ0v) is 16.9. The summed E-state index contributed by atoms with van der Waals surface area (Å²) in [6.45, 7) is 4.12. The van der Waals surface area contributed by atoms with Crippen molar-refractivity contribution < 1.29 is 19.3 Å². The molecule has 3 N–H and O–H groups in total. The van der Waals surface area contributed by atoms with E-state index >= 15 is 0 Å². The predicted molar refractivity (Wildman–Crippen MR) is 112 cm³/mol. The molecule has 4 rings (SSSR count). The number of piperazine rings is 1. The van der Waals surface area contributed by atoms with E-state index in [1.807, 2.05) is 18.2 Å². The largest absolute Gasteiger partial charge is 0.394 e. The van der Waals surface area contributed by atoms with Crippen LogP contribution in [0.15, 0.2) is 48.7 Å². The number of anilines is 1. The lowest BCUT2D eigenvalue weighted by Gasteiger charge is -2.40. The van der Waals surface area contributed by atoms with Crippen LogP contribution in [0.2, 0.25) is 0 Å². The molecule has 2 saturated heterocycles. The summed E-state index contributed by atoms with van der Waals surface area (Å²) in [6, 6.07) is 12.1. The average Bonchev–Trinajstić information content (AvgIpc) is 3.11.